The molecule has 110 valence electrons. The number of unbranched alkanes of at least 4 members (excludes halogenated alkanes) is 1. The van der Waals surface area contributed by atoms with Gasteiger partial charge in [-0.25, -0.2) is 0 Å². The van der Waals surface area contributed by atoms with Crippen LogP contribution >= 0.6 is 15.9 Å². The molecule has 0 bridgehead atoms. The molecule has 1 heterocycles. The number of benzene rings is 1. The highest BCUT2D eigenvalue weighted by Gasteiger charge is 2.07. The Morgan fingerprint density at radius 2 is 2.00 bits per heavy atom. The van der Waals surface area contributed by atoms with Gasteiger partial charge in [0.1, 0.15) is 0 Å². The van der Waals surface area contributed by atoms with E-state index >= 15 is 0 Å². The molecular formula is C15H17BrN4O. The van der Waals surface area contributed by atoms with Crippen LogP contribution in [0.2, 0.25) is 0 Å². The molecule has 2 rings (SSSR count). The Kier molecular flexibility index (Phi) is 5.68. The number of hydrogen-bond acceptors (Lipinski definition) is 4. The first kappa shape index (κ1) is 15.4. The number of amides is 1. The van der Waals surface area contributed by atoms with Crippen LogP contribution in [0.1, 0.15) is 30.3 Å². The molecule has 0 radical (unpaired) electrons. The molecule has 1 amide bonds. The first-order valence-corrected chi connectivity index (χ1v) is 7.63. The monoisotopic (exact) mass is 348 g/mol. The highest BCUT2D eigenvalue weighted by molar-refractivity contribution is 9.10. The lowest BCUT2D eigenvalue weighted by molar-refractivity contribution is 0.0947. The predicted molar refractivity (Wildman–Crippen MR) is 86.7 cm³/mol. The van der Waals surface area contributed by atoms with Crippen molar-refractivity contribution in [3.63, 3.8) is 0 Å². The lowest BCUT2D eigenvalue weighted by Crippen LogP contribution is -2.25. The Bertz CT molecular complexity index is 601. The summed E-state index contributed by atoms with van der Waals surface area (Å²) in [5.74, 6) is 0.399. The Balaban J connectivity index is 1.99. The number of anilines is 2. The maximum atomic E-state index is 11.8. The molecular weight excluding hydrogens is 332 g/mol. The summed E-state index contributed by atoms with van der Waals surface area (Å²) in [6, 6.07) is 11.1. The average Bonchev–Trinajstić information content (AvgIpc) is 2.50. The van der Waals surface area contributed by atoms with Gasteiger partial charge in [0.2, 0.25) is 0 Å². The van der Waals surface area contributed by atoms with Gasteiger partial charge in [-0.15, -0.1) is 10.2 Å². The molecule has 0 saturated heterocycles. The molecule has 0 atom stereocenters. The molecule has 1 aromatic heterocycles. The Labute approximate surface area is 132 Å². The number of hydrogen-bond donors (Lipinski definition) is 2. The first-order valence-electron chi connectivity index (χ1n) is 6.84. The van der Waals surface area contributed by atoms with Crippen LogP contribution in [-0.2, 0) is 0 Å². The Hall–Kier alpha value is -1.95. The summed E-state index contributed by atoms with van der Waals surface area (Å²) < 4.78 is 0.938. The highest BCUT2D eigenvalue weighted by Crippen LogP contribution is 2.23. The van der Waals surface area contributed by atoms with Crippen LogP contribution < -0.4 is 10.6 Å². The van der Waals surface area contributed by atoms with Gasteiger partial charge in [-0.1, -0.05) is 25.5 Å². The quantitative estimate of drug-likeness (QED) is 0.784. The minimum absolute atomic E-state index is 0.191. The smallest absolute Gasteiger partial charge is 0.271 e. The highest BCUT2D eigenvalue weighted by atomic mass is 79.9. The van der Waals surface area contributed by atoms with Gasteiger partial charge >= 0.3 is 0 Å². The van der Waals surface area contributed by atoms with Crippen molar-refractivity contribution in [1.82, 2.24) is 15.5 Å². The van der Waals surface area contributed by atoms with Gasteiger partial charge in [-0.05, 0) is 46.6 Å². The Morgan fingerprint density at radius 3 is 2.67 bits per heavy atom. The van der Waals surface area contributed by atoms with Gasteiger partial charge in [-0.2, -0.15) is 0 Å². The third-order valence-corrected chi connectivity index (χ3v) is 3.54. The van der Waals surface area contributed by atoms with E-state index < -0.39 is 0 Å². The van der Waals surface area contributed by atoms with Crippen molar-refractivity contribution in [2.45, 2.75) is 19.8 Å². The summed E-state index contributed by atoms with van der Waals surface area (Å²) >= 11 is 3.45. The lowest BCUT2D eigenvalue weighted by Gasteiger charge is -2.07. The summed E-state index contributed by atoms with van der Waals surface area (Å²) in [6.07, 6.45) is 2.00. The Morgan fingerprint density at radius 1 is 1.19 bits per heavy atom. The number of nitrogens with zero attached hydrogens (tertiary/aromatic N) is 2. The molecule has 0 aliphatic rings. The summed E-state index contributed by atoms with van der Waals surface area (Å²) in [4.78, 5) is 11.8. The molecule has 21 heavy (non-hydrogen) atoms. The van der Waals surface area contributed by atoms with Gasteiger partial charge in [-0.3, -0.25) is 4.79 Å². The number of rotatable bonds is 6. The first-order chi connectivity index (χ1) is 10.2. The minimum Gasteiger partial charge on any atom is -0.351 e. The van der Waals surface area contributed by atoms with Gasteiger partial charge in [0, 0.05) is 11.0 Å². The third-order valence-electron chi connectivity index (χ3n) is 2.85. The summed E-state index contributed by atoms with van der Waals surface area (Å²) in [5, 5.41) is 13.9. The van der Waals surface area contributed by atoms with Crippen LogP contribution in [0, 0.1) is 0 Å². The van der Waals surface area contributed by atoms with E-state index in [1.54, 1.807) is 12.1 Å². The number of carbonyl (C=O) groups is 1. The van der Waals surface area contributed by atoms with E-state index in [9.17, 15) is 4.79 Å². The zero-order valence-corrected chi connectivity index (χ0v) is 13.4. The van der Waals surface area contributed by atoms with Crippen molar-refractivity contribution in [2.75, 3.05) is 11.9 Å². The zero-order valence-electron chi connectivity index (χ0n) is 11.8. The normalized spacial score (nSPS) is 10.2. The van der Waals surface area contributed by atoms with Crippen molar-refractivity contribution in [3.8, 4) is 0 Å². The molecule has 0 fully saturated rings. The van der Waals surface area contributed by atoms with Crippen LogP contribution in [0.4, 0.5) is 11.5 Å². The average molecular weight is 349 g/mol. The maximum absolute atomic E-state index is 11.8. The fourth-order valence-electron chi connectivity index (χ4n) is 1.69. The molecule has 1 aromatic carbocycles. The lowest BCUT2D eigenvalue weighted by atomic mass is 10.3. The van der Waals surface area contributed by atoms with Gasteiger partial charge in [0.15, 0.2) is 11.5 Å². The van der Waals surface area contributed by atoms with Crippen LogP contribution in [0.5, 0.6) is 0 Å². The van der Waals surface area contributed by atoms with E-state index in [0.29, 0.717) is 18.1 Å². The number of aromatic nitrogens is 2. The van der Waals surface area contributed by atoms with Crippen molar-refractivity contribution < 1.29 is 4.79 Å². The van der Waals surface area contributed by atoms with E-state index in [2.05, 4.69) is 43.7 Å². The minimum atomic E-state index is -0.191. The zero-order chi connectivity index (χ0) is 15.1. The van der Waals surface area contributed by atoms with Gasteiger partial charge in [0.25, 0.3) is 5.91 Å². The van der Waals surface area contributed by atoms with Crippen LogP contribution in [0.25, 0.3) is 0 Å². The fourth-order valence-corrected chi connectivity index (χ4v) is 2.07. The largest absolute Gasteiger partial charge is 0.351 e. The van der Waals surface area contributed by atoms with E-state index in [1.807, 2.05) is 24.3 Å². The van der Waals surface area contributed by atoms with Crippen molar-refractivity contribution in [2.24, 2.45) is 0 Å². The second-order valence-corrected chi connectivity index (χ2v) is 5.37. The molecule has 6 heteroatoms. The molecule has 0 aliphatic carbocycles. The standard InChI is InChI=1S/C15H17BrN4O/c1-2-3-10-17-15(21)13-8-9-14(20-19-13)18-12-7-5-4-6-11(12)16/h4-9H,2-3,10H2,1H3,(H,17,21)(H,18,20). The summed E-state index contributed by atoms with van der Waals surface area (Å²) in [7, 11) is 0. The van der Waals surface area contributed by atoms with Crippen molar-refractivity contribution in [1.29, 1.82) is 0 Å². The van der Waals surface area contributed by atoms with E-state index in [-0.39, 0.29) is 5.91 Å². The molecule has 0 aliphatic heterocycles. The maximum Gasteiger partial charge on any atom is 0.271 e. The molecule has 2 aromatic rings. The molecule has 0 saturated carbocycles. The number of para-hydroxylation sites is 1. The van der Waals surface area contributed by atoms with E-state index in [4.69, 9.17) is 0 Å². The molecule has 5 nitrogen and oxygen atoms in total. The van der Waals surface area contributed by atoms with Crippen molar-refractivity contribution >= 4 is 33.3 Å². The topological polar surface area (TPSA) is 66.9 Å². The number of halogens is 1. The van der Waals surface area contributed by atoms with Gasteiger partial charge < -0.3 is 10.6 Å². The van der Waals surface area contributed by atoms with Crippen LogP contribution in [-0.4, -0.2) is 22.6 Å². The van der Waals surface area contributed by atoms with E-state index in [0.717, 1.165) is 23.0 Å². The van der Waals surface area contributed by atoms with Crippen molar-refractivity contribution in [3.05, 3.63) is 46.6 Å². The number of nitrogens with one attached hydrogen (secondary N) is 2. The molecule has 0 spiro atoms. The second-order valence-electron chi connectivity index (χ2n) is 4.52. The SMILES string of the molecule is CCCCNC(=O)c1ccc(Nc2ccccc2Br)nn1. The second kappa shape index (κ2) is 7.73. The molecule has 2 N–H and O–H groups in total. The van der Waals surface area contributed by atoms with Crippen LogP contribution in [0.15, 0.2) is 40.9 Å². The number of carbonyl (C=O) groups excluding carboxylic acids is 1. The van der Waals surface area contributed by atoms with Crippen LogP contribution in [0.3, 0.4) is 0 Å². The molecule has 0 unspecified atom stereocenters. The van der Waals surface area contributed by atoms with Gasteiger partial charge in [0.05, 0.1) is 5.69 Å². The fraction of sp³-hybridized carbons (Fsp3) is 0.267. The summed E-state index contributed by atoms with van der Waals surface area (Å²) in [6.45, 7) is 2.74. The third kappa shape index (κ3) is 4.53. The van der Waals surface area contributed by atoms with E-state index in [1.165, 1.54) is 0 Å². The summed E-state index contributed by atoms with van der Waals surface area (Å²) in [5.41, 5.74) is 1.22. The predicted octanol–water partition coefficient (Wildman–Crippen LogP) is 3.51.